The minimum atomic E-state index is -0.527. The molecule has 0 saturated carbocycles. The normalized spacial score (nSPS) is 30.5. The first-order valence-electron chi connectivity index (χ1n) is 5.31. The summed E-state index contributed by atoms with van der Waals surface area (Å²) in [7, 11) is 1.55. The third-order valence-electron chi connectivity index (χ3n) is 2.59. The Morgan fingerprint density at radius 3 is 3.00 bits per heavy atom. The van der Waals surface area contributed by atoms with Gasteiger partial charge >= 0.3 is 12.1 Å². The molecular weight excluding hydrogens is 224 g/mol. The highest BCUT2D eigenvalue weighted by Gasteiger charge is 2.34. The van der Waals surface area contributed by atoms with Crippen LogP contribution in [0, 0.1) is 6.08 Å². The van der Waals surface area contributed by atoms with Crippen molar-refractivity contribution in [1.82, 2.24) is 10.6 Å². The maximum absolute atomic E-state index is 11.7. The van der Waals surface area contributed by atoms with Crippen LogP contribution in [0.25, 0.3) is 0 Å². The Balaban J connectivity index is 1.84. The van der Waals surface area contributed by atoms with Crippen LogP contribution in [-0.4, -0.2) is 49.2 Å². The van der Waals surface area contributed by atoms with Gasteiger partial charge in [-0.25, -0.2) is 14.9 Å². The van der Waals surface area contributed by atoms with Crippen LogP contribution in [0.5, 0.6) is 0 Å². The smallest absolute Gasteiger partial charge is 0.379 e. The predicted molar refractivity (Wildman–Crippen MR) is 58.8 cm³/mol. The lowest BCUT2D eigenvalue weighted by atomic mass is 10.3. The van der Waals surface area contributed by atoms with Gasteiger partial charge in [0.15, 0.2) is 0 Å². The molecule has 2 aliphatic rings. The van der Waals surface area contributed by atoms with Gasteiger partial charge < -0.3 is 10.1 Å². The molecule has 7 heteroatoms. The van der Waals surface area contributed by atoms with Gasteiger partial charge in [0.05, 0.1) is 24.9 Å². The molecule has 2 heterocycles. The number of amides is 4. The van der Waals surface area contributed by atoms with Gasteiger partial charge in [0.1, 0.15) is 13.2 Å². The van der Waals surface area contributed by atoms with E-state index in [2.05, 4.69) is 21.8 Å². The van der Waals surface area contributed by atoms with E-state index in [1.165, 1.54) is 12.4 Å². The van der Waals surface area contributed by atoms with E-state index in [0.29, 0.717) is 13.2 Å². The predicted octanol–water partition coefficient (Wildman–Crippen LogP) is -0.0426. The Labute approximate surface area is 98.7 Å². The van der Waals surface area contributed by atoms with Crippen LogP contribution in [-0.2, 0) is 4.74 Å². The van der Waals surface area contributed by atoms with Crippen LogP contribution < -0.4 is 10.6 Å². The van der Waals surface area contributed by atoms with Crippen LogP contribution in [0.1, 0.15) is 6.42 Å². The van der Waals surface area contributed by atoms with Crippen molar-refractivity contribution in [3.05, 3.63) is 12.3 Å². The molecule has 1 fully saturated rings. The molecule has 4 amide bonds. The summed E-state index contributed by atoms with van der Waals surface area (Å²) in [4.78, 5) is 23.2. The van der Waals surface area contributed by atoms with Gasteiger partial charge in [0.2, 0.25) is 0 Å². The summed E-state index contributed by atoms with van der Waals surface area (Å²) in [6.07, 6.45) is 6.30. The van der Waals surface area contributed by atoms with E-state index in [-0.39, 0.29) is 10.6 Å². The molecule has 0 spiro atoms. The van der Waals surface area contributed by atoms with Crippen molar-refractivity contribution in [2.75, 3.05) is 20.3 Å². The number of carbonyl (C=O) groups is 2. The number of hydrogen-bond acceptors (Lipinski definition) is 4. The van der Waals surface area contributed by atoms with Crippen molar-refractivity contribution < 1.29 is 18.9 Å². The zero-order valence-electron chi connectivity index (χ0n) is 9.47. The van der Waals surface area contributed by atoms with Gasteiger partial charge in [0, 0.05) is 6.61 Å². The van der Waals surface area contributed by atoms with Gasteiger partial charge in [-0.2, -0.15) is 0 Å². The molecule has 0 aliphatic carbocycles. The Morgan fingerprint density at radius 2 is 2.41 bits per heavy atom. The van der Waals surface area contributed by atoms with Crippen molar-refractivity contribution in [3.63, 3.8) is 0 Å². The molecule has 2 aliphatic heterocycles. The molecule has 1 saturated heterocycles. The summed E-state index contributed by atoms with van der Waals surface area (Å²) in [5.74, 6) is 0. The monoisotopic (exact) mass is 238 g/mol. The first-order valence-corrected chi connectivity index (χ1v) is 5.31. The maximum atomic E-state index is 11.7. The molecule has 0 bridgehead atoms. The average molecular weight is 238 g/mol. The van der Waals surface area contributed by atoms with E-state index < -0.39 is 12.1 Å². The first-order chi connectivity index (χ1) is 8.10. The van der Waals surface area contributed by atoms with E-state index in [0.717, 1.165) is 6.42 Å². The molecule has 0 aromatic rings. The van der Waals surface area contributed by atoms with E-state index in [9.17, 15) is 9.59 Å². The Kier molecular flexibility index (Phi) is 3.21. The quantitative estimate of drug-likeness (QED) is 0.629. The first kappa shape index (κ1) is 11.7. The standard InChI is InChI=1S/C10H13N4O3/c1-14(5-2-4-11-14)10(16)13-9(15)12-8-3-6-17-7-8/h4-5,8H,3,6-7H2,1H3,(H-,12,13,15,16)/p+1/t8?,14-/m1/s1. The lowest BCUT2D eigenvalue weighted by Crippen LogP contribution is -2.52. The van der Waals surface area contributed by atoms with Crippen molar-refractivity contribution in [2.24, 2.45) is 5.10 Å². The second-order valence-electron chi connectivity index (χ2n) is 4.03. The zero-order valence-corrected chi connectivity index (χ0v) is 9.47. The van der Waals surface area contributed by atoms with Crippen molar-refractivity contribution >= 4 is 18.3 Å². The van der Waals surface area contributed by atoms with Gasteiger partial charge in [-0.1, -0.05) is 9.69 Å². The second kappa shape index (κ2) is 4.64. The number of allylic oxidation sites excluding steroid dienone is 1. The molecule has 0 aromatic heterocycles. The van der Waals surface area contributed by atoms with Gasteiger partial charge in [-0.05, 0) is 6.42 Å². The maximum Gasteiger partial charge on any atom is 0.455 e. The van der Waals surface area contributed by atoms with Crippen molar-refractivity contribution in [1.29, 1.82) is 0 Å². The number of ether oxygens (including phenoxy) is 1. The SMILES string of the molecule is C[N@+]1(C(=O)NC(=O)NC2CCOC2)C=[C]C=N1. The van der Waals surface area contributed by atoms with Crippen molar-refractivity contribution in [2.45, 2.75) is 12.5 Å². The van der Waals surface area contributed by atoms with E-state index in [4.69, 9.17) is 4.74 Å². The van der Waals surface area contributed by atoms with Gasteiger partial charge in [-0.3, -0.25) is 0 Å². The summed E-state index contributed by atoms with van der Waals surface area (Å²) in [6, 6.07) is -1.08. The molecule has 17 heavy (non-hydrogen) atoms. The number of carbonyl (C=O) groups excluding carboxylic acids is 2. The fraction of sp³-hybridized carbons (Fsp3) is 0.500. The van der Waals surface area contributed by atoms with E-state index in [1.54, 1.807) is 7.05 Å². The topological polar surface area (TPSA) is 79.8 Å². The molecule has 91 valence electrons. The highest BCUT2D eigenvalue weighted by Crippen LogP contribution is 2.09. The number of urea groups is 2. The third-order valence-corrected chi connectivity index (χ3v) is 2.59. The van der Waals surface area contributed by atoms with Crippen molar-refractivity contribution in [3.8, 4) is 0 Å². The Morgan fingerprint density at radius 1 is 1.59 bits per heavy atom. The number of rotatable bonds is 1. The van der Waals surface area contributed by atoms with Crippen LogP contribution >= 0.6 is 0 Å². The summed E-state index contributed by atoms with van der Waals surface area (Å²) < 4.78 is 4.76. The number of quaternary nitrogens is 1. The van der Waals surface area contributed by atoms with Crippen LogP contribution in [0.2, 0.25) is 0 Å². The summed E-state index contributed by atoms with van der Waals surface area (Å²) in [5, 5.41) is 8.77. The lowest BCUT2D eigenvalue weighted by molar-refractivity contribution is -0.780. The molecule has 0 aromatic carbocycles. The number of nitrogens with zero attached hydrogens (tertiary/aromatic N) is 2. The Bertz CT molecular complexity index is 373. The molecule has 2 rings (SSSR count). The molecule has 7 nitrogen and oxygen atoms in total. The average Bonchev–Trinajstić information content (AvgIpc) is 2.90. The van der Waals surface area contributed by atoms with Crippen LogP contribution in [0.4, 0.5) is 9.59 Å². The molecular formula is C10H14N4O3+. The third kappa shape index (κ3) is 2.69. The number of hydrogen-bond donors (Lipinski definition) is 2. The Hall–Kier alpha value is -1.73. The second-order valence-corrected chi connectivity index (χ2v) is 4.03. The lowest BCUT2D eigenvalue weighted by Gasteiger charge is -2.17. The number of nitrogens with one attached hydrogen (secondary N) is 2. The molecule has 1 unspecified atom stereocenters. The highest BCUT2D eigenvalue weighted by molar-refractivity contribution is 5.91. The molecule has 2 atom stereocenters. The molecule has 1 radical (unpaired) electrons. The summed E-state index contributed by atoms with van der Waals surface area (Å²) in [6.45, 7) is 1.12. The summed E-state index contributed by atoms with van der Waals surface area (Å²) in [5.41, 5.74) is 0. The largest absolute Gasteiger partial charge is 0.455 e. The fourth-order valence-electron chi connectivity index (χ4n) is 1.56. The fourth-order valence-corrected chi connectivity index (χ4v) is 1.56. The van der Waals surface area contributed by atoms with Crippen LogP contribution in [0.15, 0.2) is 11.3 Å². The number of imide groups is 1. The minimum absolute atomic E-state index is 0.0303. The highest BCUT2D eigenvalue weighted by atomic mass is 16.5. The van der Waals surface area contributed by atoms with Crippen LogP contribution in [0.3, 0.4) is 0 Å². The summed E-state index contributed by atoms with van der Waals surface area (Å²) >= 11 is 0. The van der Waals surface area contributed by atoms with E-state index >= 15 is 0 Å². The molecule has 2 N–H and O–H groups in total. The van der Waals surface area contributed by atoms with Gasteiger partial charge in [0.25, 0.3) is 0 Å². The minimum Gasteiger partial charge on any atom is -0.379 e. The zero-order chi connectivity index (χ0) is 12.3. The van der Waals surface area contributed by atoms with Gasteiger partial charge in [-0.15, -0.1) is 0 Å². The van der Waals surface area contributed by atoms with E-state index in [1.807, 2.05) is 0 Å².